The Morgan fingerprint density at radius 2 is 2.36 bits per heavy atom. The molecule has 73 valence electrons. The lowest BCUT2D eigenvalue weighted by Gasteiger charge is -2.03. The van der Waals surface area contributed by atoms with Crippen molar-refractivity contribution in [3.05, 3.63) is 46.5 Å². The van der Waals surface area contributed by atoms with Crippen LogP contribution in [0.15, 0.2) is 24.8 Å². The van der Waals surface area contributed by atoms with Gasteiger partial charge in [0.2, 0.25) is 0 Å². The predicted molar refractivity (Wildman–Crippen MR) is 52.2 cm³/mol. The van der Waals surface area contributed by atoms with Crippen molar-refractivity contribution in [2.24, 2.45) is 0 Å². The van der Waals surface area contributed by atoms with Gasteiger partial charge in [-0.3, -0.25) is 10.1 Å². The normalized spacial score (nSPS) is 9.50. The summed E-state index contributed by atoms with van der Waals surface area (Å²) in [6, 6.07) is 4.61. The zero-order chi connectivity index (χ0) is 10.6. The van der Waals surface area contributed by atoms with E-state index >= 15 is 0 Å². The summed E-state index contributed by atoms with van der Waals surface area (Å²) in [6.07, 6.45) is 2.58. The second-order valence-corrected chi connectivity index (χ2v) is 2.55. The molecule has 0 aliphatic rings. The monoisotopic (exact) mass is 192 g/mol. The highest BCUT2D eigenvalue weighted by Crippen LogP contribution is 2.27. The number of nitro groups is 1. The molecular weight excluding hydrogens is 182 g/mol. The van der Waals surface area contributed by atoms with E-state index in [1.54, 1.807) is 19.1 Å². The first-order valence-corrected chi connectivity index (χ1v) is 4.13. The number of nitro benzene ring substituents is 1. The zero-order valence-corrected chi connectivity index (χ0v) is 7.82. The van der Waals surface area contributed by atoms with E-state index in [4.69, 9.17) is 4.74 Å². The molecule has 4 heteroatoms. The standard InChI is InChI=1S/C10H10NO3/c1-3-8-5-6-10(14-4-2)9(7-8)11(12)13/h5-7H,1,4H2,2H3. The van der Waals surface area contributed by atoms with Gasteiger partial charge < -0.3 is 4.74 Å². The van der Waals surface area contributed by atoms with Gasteiger partial charge in [0.15, 0.2) is 5.75 Å². The van der Waals surface area contributed by atoms with Gasteiger partial charge in [0, 0.05) is 6.07 Å². The fourth-order valence-corrected chi connectivity index (χ4v) is 1.05. The summed E-state index contributed by atoms with van der Waals surface area (Å²) >= 11 is 0. The second kappa shape index (κ2) is 4.41. The Morgan fingerprint density at radius 1 is 1.64 bits per heavy atom. The molecule has 14 heavy (non-hydrogen) atoms. The van der Waals surface area contributed by atoms with Crippen molar-refractivity contribution in [1.29, 1.82) is 0 Å². The van der Waals surface area contributed by atoms with Gasteiger partial charge in [0.25, 0.3) is 0 Å². The fraction of sp³-hybridized carbons (Fsp3) is 0.200. The largest absolute Gasteiger partial charge is 0.487 e. The minimum Gasteiger partial charge on any atom is -0.487 e. The molecular formula is C10H10NO3. The highest BCUT2D eigenvalue weighted by atomic mass is 16.6. The van der Waals surface area contributed by atoms with Gasteiger partial charge in [-0.15, -0.1) is 0 Å². The van der Waals surface area contributed by atoms with Crippen molar-refractivity contribution >= 4 is 5.69 Å². The molecule has 1 aromatic rings. The maximum atomic E-state index is 10.6. The van der Waals surface area contributed by atoms with E-state index in [9.17, 15) is 10.1 Å². The first-order valence-electron chi connectivity index (χ1n) is 4.13. The van der Waals surface area contributed by atoms with Gasteiger partial charge in [0.05, 0.1) is 11.5 Å². The van der Waals surface area contributed by atoms with Crippen molar-refractivity contribution in [2.45, 2.75) is 6.92 Å². The minimum atomic E-state index is -0.480. The van der Waals surface area contributed by atoms with Crippen molar-refractivity contribution in [1.82, 2.24) is 0 Å². The summed E-state index contributed by atoms with van der Waals surface area (Å²) in [5.41, 5.74) is 0.528. The summed E-state index contributed by atoms with van der Waals surface area (Å²) in [4.78, 5) is 10.2. The molecule has 0 unspecified atom stereocenters. The van der Waals surface area contributed by atoms with Crippen LogP contribution in [0, 0.1) is 16.2 Å². The Labute approximate surface area is 82.0 Å². The third-order valence-corrected chi connectivity index (χ3v) is 1.66. The molecule has 1 rings (SSSR count). The lowest BCUT2D eigenvalue weighted by atomic mass is 10.2. The number of ether oxygens (including phenoxy) is 1. The van der Waals surface area contributed by atoms with Crippen LogP contribution in [0.25, 0.3) is 0 Å². The number of rotatable bonds is 4. The van der Waals surface area contributed by atoms with Crippen LogP contribution in [-0.2, 0) is 0 Å². The average molecular weight is 192 g/mol. The number of hydrogen-bond acceptors (Lipinski definition) is 3. The third-order valence-electron chi connectivity index (χ3n) is 1.66. The van der Waals surface area contributed by atoms with Crippen molar-refractivity contribution in [2.75, 3.05) is 6.61 Å². The maximum absolute atomic E-state index is 10.6. The summed E-state index contributed by atoms with van der Waals surface area (Å²) in [6.45, 7) is 5.59. The number of nitrogens with zero attached hydrogens (tertiary/aromatic N) is 1. The predicted octanol–water partition coefficient (Wildman–Crippen LogP) is 2.33. The molecule has 0 aliphatic carbocycles. The molecule has 4 nitrogen and oxygen atoms in total. The van der Waals surface area contributed by atoms with Gasteiger partial charge in [-0.25, -0.2) is 0 Å². The molecule has 0 aliphatic heterocycles. The third kappa shape index (κ3) is 2.10. The quantitative estimate of drug-likeness (QED) is 0.543. The minimum absolute atomic E-state index is 0.0551. The van der Waals surface area contributed by atoms with Gasteiger partial charge in [-0.2, -0.15) is 0 Å². The van der Waals surface area contributed by atoms with E-state index in [2.05, 4.69) is 12.7 Å². The summed E-state index contributed by atoms with van der Waals surface area (Å²) < 4.78 is 5.11. The van der Waals surface area contributed by atoms with Crippen LogP contribution in [0.1, 0.15) is 12.5 Å². The molecule has 0 spiro atoms. The van der Waals surface area contributed by atoms with Crippen LogP contribution in [0.4, 0.5) is 5.69 Å². The van der Waals surface area contributed by atoms with Crippen LogP contribution in [0.2, 0.25) is 0 Å². The molecule has 0 fully saturated rings. The van der Waals surface area contributed by atoms with E-state index in [-0.39, 0.29) is 11.4 Å². The summed E-state index contributed by atoms with van der Waals surface area (Å²) in [7, 11) is 0. The van der Waals surface area contributed by atoms with E-state index < -0.39 is 4.92 Å². The maximum Gasteiger partial charge on any atom is 0.311 e. The van der Waals surface area contributed by atoms with Crippen LogP contribution >= 0.6 is 0 Å². The van der Waals surface area contributed by atoms with E-state index in [0.29, 0.717) is 12.2 Å². The number of benzene rings is 1. The van der Waals surface area contributed by atoms with Crippen LogP contribution in [0.5, 0.6) is 5.75 Å². The number of hydrogen-bond donors (Lipinski definition) is 0. The smallest absolute Gasteiger partial charge is 0.311 e. The van der Waals surface area contributed by atoms with Crippen LogP contribution in [-0.4, -0.2) is 11.5 Å². The zero-order valence-electron chi connectivity index (χ0n) is 7.82. The lowest BCUT2D eigenvalue weighted by molar-refractivity contribution is -0.385. The molecule has 1 aromatic carbocycles. The molecule has 0 heterocycles. The Kier molecular flexibility index (Phi) is 3.23. The summed E-state index contributed by atoms with van der Waals surface area (Å²) in [5.74, 6) is 0.275. The van der Waals surface area contributed by atoms with Crippen LogP contribution in [0.3, 0.4) is 0 Å². The summed E-state index contributed by atoms with van der Waals surface area (Å²) in [5, 5.41) is 10.6. The van der Waals surface area contributed by atoms with Crippen molar-refractivity contribution in [3.63, 3.8) is 0 Å². The van der Waals surface area contributed by atoms with Crippen molar-refractivity contribution < 1.29 is 9.66 Å². The van der Waals surface area contributed by atoms with E-state index in [0.717, 1.165) is 0 Å². The first kappa shape index (κ1) is 10.2. The fourth-order valence-electron chi connectivity index (χ4n) is 1.05. The van der Waals surface area contributed by atoms with Gasteiger partial charge in [0.1, 0.15) is 0 Å². The average Bonchev–Trinajstić information content (AvgIpc) is 2.18. The Morgan fingerprint density at radius 3 is 2.86 bits per heavy atom. The van der Waals surface area contributed by atoms with Crippen molar-refractivity contribution in [3.8, 4) is 5.75 Å². The topological polar surface area (TPSA) is 52.4 Å². The Hall–Kier alpha value is -1.84. The van der Waals surface area contributed by atoms with Gasteiger partial charge >= 0.3 is 5.69 Å². The molecule has 0 amide bonds. The van der Waals surface area contributed by atoms with E-state index in [1.165, 1.54) is 6.07 Å². The van der Waals surface area contributed by atoms with Gasteiger partial charge in [-0.1, -0.05) is 12.6 Å². The van der Waals surface area contributed by atoms with Crippen LogP contribution < -0.4 is 4.74 Å². The lowest BCUT2D eigenvalue weighted by Crippen LogP contribution is -1.97. The highest BCUT2D eigenvalue weighted by molar-refractivity contribution is 5.49. The Balaban J connectivity index is 3.16. The molecule has 0 atom stereocenters. The molecule has 1 radical (unpaired) electrons. The molecule has 0 bridgehead atoms. The molecule has 0 N–H and O–H groups in total. The SMILES string of the molecule is C=[C]c1ccc(OCC)c([N+](=O)[O-])c1. The molecule has 0 saturated heterocycles. The second-order valence-electron chi connectivity index (χ2n) is 2.55. The highest BCUT2D eigenvalue weighted by Gasteiger charge is 2.14. The first-order chi connectivity index (χ1) is 6.69. The molecule has 0 aromatic heterocycles. The van der Waals surface area contributed by atoms with Gasteiger partial charge in [-0.05, 0) is 24.6 Å². The van der Waals surface area contributed by atoms with E-state index in [1.807, 2.05) is 0 Å². The molecule has 0 saturated carbocycles. The Bertz CT molecular complexity index is 360.